The quantitative estimate of drug-likeness (QED) is 0.823. The minimum absolute atomic E-state index is 0.0830. The topological polar surface area (TPSA) is 26.3 Å². The fraction of sp³-hybridized carbons (Fsp3) is 0.462. The van der Waals surface area contributed by atoms with Gasteiger partial charge in [0.15, 0.2) is 11.6 Å². The summed E-state index contributed by atoms with van der Waals surface area (Å²) in [5.74, 6) is 0.00337. The van der Waals surface area contributed by atoms with E-state index in [0.29, 0.717) is 25.2 Å². The number of para-hydroxylation sites is 1. The molecule has 0 aliphatic heterocycles. The molecule has 2 rings (SSSR count). The van der Waals surface area contributed by atoms with Gasteiger partial charge in [0.2, 0.25) is 0 Å². The van der Waals surface area contributed by atoms with Crippen LogP contribution in [0.2, 0.25) is 5.02 Å². The molecule has 0 heterocycles. The van der Waals surface area contributed by atoms with Crippen molar-refractivity contribution in [2.75, 3.05) is 6.61 Å². The van der Waals surface area contributed by atoms with Crippen LogP contribution < -0.4 is 4.74 Å². The normalized spacial score (nSPS) is 19.6. The molecule has 1 aromatic carbocycles. The molecular weight excluding hydrogens is 243 g/mol. The Hall–Kier alpha value is -1.09. The molecule has 0 bridgehead atoms. The summed E-state index contributed by atoms with van der Waals surface area (Å²) in [5, 5.41) is 0.266. The number of Topliss-reactive ketones (excluding diaryl/α,β-unsaturated/α-hetero) is 1. The predicted molar refractivity (Wildman–Crippen MR) is 63.9 cm³/mol. The Morgan fingerprint density at radius 1 is 1.47 bits per heavy atom. The Balaban J connectivity index is 1.88. The van der Waals surface area contributed by atoms with Gasteiger partial charge in [-0.25, -0.2) is 4.39 Å². The van der Waals surface area contributed by atoms with Gasteiger partial charge in [-0.2, -0.15) is 0 Å². The first-order valence-corrected chi connectivity index (χ1v) is 6.16. The zero-order valence-corrected chi connectivity index (χ0v) is 10.2. The summed E-state index contributed by atoms with van der Waals surface area (Å²) in [7, 11) is 0. The van der Waals surface area contributed by atoms with Crippen molar-refractivity contribution < 1.29 is 13.9 Å². The summed E-state index contributed by atoms with van der Waals surface area (Å²) >= 11 is 5.82. The molecule has 1 unspecified atom stereocenters. The fourth-order valence-corrected chi connectivity index (χ4v) is 2.33. The largest absolute Gasteiger partial charge is 0.489 e. The van der Waals surface area contributed by atoms with Gasteiger partial charge in [-0.15, -0.1) is 0 Å². The number of hydrogen-bond acceptors (Lipinski definition) is 2. The highest BCUT2D eigenvalue weighted by Gasteiger charge is 2.24. The van der Waals surface area contributed by atoms with E-state index >= 15 is 0 Å². The standard InChI is InChI=1S/C13H14ClFO2/c14-10-4-2-5-11(15)13(10)17-8-7-9-3-1-6-12(9)16/h2,4-5,9H,1,3,6-8H2. The van der Waals surface area contributed by atoms with E-state index in [1.165, 1.54) is 12.1 Å². The zero-order valence-electron chi connectivity index (χ0n) is 9.42. The summed E-state index contributed by atoms with van der Waals surface area (Å²) in [4.78, 5) is 11.4. The van der Waals surface area contributed by atoms with Crippen molar-refractivity contribution in [2.45, 2.75) is 25.7 Å². The van der Waals surface area contributed by atoms with Gasteiger partial charge in [0.05, 0.1) is 11.6 Å². The number of carbonyl (C=O) groups excluding carboxylic acids is 1. The molecule has 0 aromatic heterocycles. The highest BCUT2D eigenvalue weighted by molar-refractivity contribution is 6.32. The Morgan fingerprint density at radius 2 is 2.29 bits per heavy atom. The first-order chi connectivity index (χ1) is 8.18. The molecule has 0 spiro atoms. The number of ketones is 1. The lowest BCUT2D eigenvalue weighted by atomic mass is 10.0. The van der Waals surface area contributed by atoms with E-state index < -0.39 is 5.82 Å². The molecule has 1 fully saturated rings. The molecule has 0 N–H and O–H groups in total. The molecule has 92 valence electrons. The van der Waals surface area contributed by atoms with Crippen molar-refractivity contribution in [3.05, 3.63) is 29.0 Å². The zero-order chi connectivity index (χ0) is 12.3. The molecule has 2 nitrogen and oxygen atoms in total. The van der Waals surface area contributed by atoms with E-state index in [2.05, 4.69) is 0 Å². The maximum absolute atomic E-state index is 13.4. The van der Waals surface area contributed by atoms with Crippen LogP contribution in [0.5, 0.6) is 5.75 Å². The Bertz CT molecular complexity index is 400. The second-order valence-electron chi connectivity index (χ2n) is 4.24. The summed E-state index contributed by atoms with van der Waals surface area (Å²) < 4.78 is 18.7. The van der Waals surface area contributed by atoms with Gasteiger partial charge in [0.1, 0.15) is 5.78 Å². The molecule has 4 heteroatoms. The lowest BCUT2D eigenvalue weighted by Crippen LogP contribution is -2.11. The molecule has 1 aliphatic rings. The highest BCUT2D eigenvalue weighted by Crippen LogP contribution is 2.29. The van der Waals surface area contributed by atoms with Crippen LogP contribution in [0, 0.1) is 11.7 Å². The molecule has 0 radical (unpaired) electrons. The minimum Gasteiger partial charge on any atom is -0.489 e. The Morgan fingerprint density at radius 3 is 2.94 bits per heavy atom. The molecule has 0 saturated heterocycles. The average molecular weight is 257 g/mol. The van der Waals surface area contributed by atoms with E-state index in [-0.39, 0.29) is 16.7 Å². The van der Waals surface area contributed by atoms with Gasteiger partial charge in [0, 0.05) is 12.3 Å². The van der Waals surface area contributed by atoms with Crippen LogP contribution in [0.4, 0.5) is 4.39 Å². The monoisotopic (exact) mass is 256 g/mol. The minimum atomic E-state index is -0.463. The number of benzene rings is 1. The van der Waals surface area contributed by atoms with Crippen LogP contribution in [0.3, 0.4) is 0 Å². The lowest BCUT2D eigenvalue weighted by molar-refractivity contribution is -0.121. The third kappa shape index (κ3) is 2.97. The Labute approximate surface area is 105 Å². The van der Waals surface area contributed by atoms with Crippen molar-refractivity contribution in [3.63, 3.8) is 0 Å². The molecular formula is C13H14ClFO2. The van der Waals surface area contributed by atoms with Crippen LogP contribution in [0.15, 0.2) is 18.2 Å². The molecule has 1 saturated carbocycles. The van der Waals surface area contributed by atoms with E-state index in [1.807, 2.05) is 0 Å². The van der Waals surface area contributed by atoms with Crippen molar-refractivity contribution in [2.24, 2.45) is 5.92 Å². The Kier molecular flexibility index (Phi) is 4.00. The van der Waals surface area contributed by atoms with Gasteiger partial charge in [0.25, 0.3) is 0 Å². The number of rotatable bonds is 4. The van der Waals surface area contributed by atoms with E-state index in [1.54, 1.807) is 6.07 Å². The van der Waals surface area contributed by atoms with Crippen LogP contribution in [-0.4, -0.2) is 12.4 Å². The SMILES string of the molecule is O=C1CCCC1CCOc1c(F)cccc1Cl. The fourth-order valence-electron chi connectivity index (χ4n) is 2.12. The predicted octanol–water partition coefficient (Wildman–Crippen LogP) is 3.62. The van der Waals surface area contributed by atoms with Gasteiger partial charge >= 0.3 is 0 Å². The van der Waals surface area contributed by atoms with Crippen molar-refractivity contribution in [1.82, 2.24) is 0 Å². The van der Waals surface area contributed by atoms with Gasteiger partial charge < -0.3 is 4.74 Å². The molecule has 1 atom stereocenters. The van der Waals surface area contributed by atoms with E-state index in [0.717, 1.165) is 12.8 Å². The van der Waals surface area contributed by atoms with Gasteiger partial charge in [-0.1, -0.05) is 17.7 Å². The van der Waals surface area contributed by atoms with Crippen molar-refractivity contribution in [1.29, 1.82) is 0 Å². The number of hydrogen-bond donors (Lipinski definition) is 0. The number of ether oxygens (including phenoxy) is 1. The van der Waals surface area contributed by atoms with Crippen LogP contribution in [0.25, 0.3) is 0 Å². The van der Waals surface area contributed by atoms with Crippen LogP contribution in [0.1, 0.15) is 25.7 Å². The summed E-state index contributed by atoms with van der Waals surface area (Å²) in [5.41, 5.74) is 0. The van der Waals surface area contributed by atoms with Crippen molar-refractivity contribution >= 4 is 17.4 Å². The first-order valence-electron chi connectivity index (χ1n) is 5.78. The average Bonchev–Trinajstić information content (AvgIpc) is 2.69. The van der Waals surface area contributed by atoms with Crippen LogP contribution in [-0.2, 0) is 4.79 Å². The lowest BCUT2D eigenvalue weighted by Gasteiger charge is -2.11. The third-order valence-corrected chi connectivity index (χ3v) is 3.36. The van der Waals surface area contributed by atoms with E-state index in [4.69, 9.17) is 16.3 Å². The summed E-state index contributed by atoms with van der Waals surface area (Å²) in [6, 6.07) is 4.42. The van der Waals surface area contributed by atoms with E-state index in [9.17, 15) is 9.18 Å². The van der Waals surface area contributed by atoms with Gasteiger partial charge in [-0.3, -0.25) is 4.79 Å². The second-order valence-corrected chi connectivity index (χ2v) is 4.65. The number of carbonyl (C=O) groups is 1. The van der Waals surface area contributed by atoms with Crippen molar-refractivity contribution in [3.8, 4) is 5.75 Å². The smallest absolute Gasteiger partial charge is 0.173 e. The molecule has 1 aromatic rings. The first kappa shape index (κ1) is 12.4. The third-order valence-electron chi connectivity index (χ3n) is 3.06. The van der Waals surface area contributed by atoms with Crippen LogP contribution >= 0.6 is 11.6 Å². The molecule has 0 amide bonds. The summed E-state index contributed by atoms with van der Waals surface area (Å²) in [6.45, 7) is 0.330. The second kappa shape index (κ2) is 5.50. The maximum atomic E-state index is 13.4. The maximum Gasteiger partial charge on any atom is 0.173 e. The highest BCUT2D eigenvalue weighted by atomic mass is 35.5. The number of halogens is 2. The van der Waals surface area contributed by atoms with Gasteiger partial charge in [-0.05, 0) is 31.4 Å². The molecule has 1 aliphatic carbocycles. The summed E-state index contributed by atoms with van der Waals surface area (Å²) in [6.07, 6.45) is 3.20. The molecule has 17 heavy (non-hydrogen) atoms.